The normalized spacial score (nSPS) is 9.53. The number of nitrogens with one attached hydrogen (secondary N) is 2. The molecule has 0 saturated heterocycles. The van der Waals surface area contributed by atoms with Crippen LogP contribution in [0.5, 0.6) is 0 Å². The molecule has 1 amide bonds. The molecule has 0 bridgehead atoms. The van der Waals surface area contributed by atoms with Crippen molar-refractivity contribution in [3.05, 3.63) is 35.4 Å². The minimum absolute atomic E-state index is 0.184. The summed E-state index contributed by atoms with van der Waals surface area (Å²) in [6.45, 7) is 18.5. The van der Waals surface area contributed by atoms with Gasteiger partial charge >= 0.3 is 0 Å². The first-order chi connectivity index (χ1) is 14.5. The zero-order valence-electron chi connectivity index (χ0n) is 21.7. The van der Waals surface area contributed by atoms with Crippen LogP contribution >= 0.6 is 0 Å². The smallest absolute Gasteiger partial charge is 0.220 e. The van der Waals surface area contributed by atoms with Gasteiger partial charge in [-0.25, -0.2) is 0 Å². The number of hydrogen-bond acceptors (Lipinski definition) is 3. The third-order valence-electron chi connectivity index (χ3n) is 3.87. The zero-order valence-corrected chi connectivity index (χ0v) is 21.7. The monoisotopic (exact) mass is 424 g/mol. The molecular weight excluding hydrogens is 372 g/mol. The number of aryl methyl sites for hydroxylation is 2. The highest BCUT2D eigenvalue weighted by Crippen LogP contribution is 2.07. The molecule has 2 N–H and O–H groups in total. The maximum absolute atomic E-state index is 11.7. The molecule has 1 aromatic carbocycles. The topological polar surface area (TPSA) is 58.2 Å². The van der Waals surface area contributed by atoms with Gasteiger partial charge in [0, 0.05) is 19.0 Å². The maximum atomic E-state index is 11.7. The van der Waals surface area contributed by atoms with Gasteiger partial charge in [-0.3, -0.25) is 4.79 Å². The summed E-state index contributed by atoms with van der Waals surface area (Å²) in [5.74, 6) is 0.184. The summed E-state index contributed by atoms with van der Waals surface area (Å²) in [4.78, 5) is 20.5. The van der Waals surface area contributed by atoms with E-state index < -0.39 is 0 Å². The Bertz CT molecular complexity index is 445. The van der Waals surface area contributed by atoms with Gasteiger partial charge in [0.2, 0.25) is 5.91 Å². The van der Waals surface area contributed by atoms with Crippen molar-refractivity contribution in [3.63, 3.8) is 0 Å². The molecule has 1 rings (SSSR count). The quantitative estimate of drug-likeness (QED) is 0.333. The van der Waals surface area contributed by atoms with Gasteiger partial charge in [-0.2, -0.15) is 0 Å². The maximum Gasteiger partial charge on any atom is 0.220 e. The molecule has 4 nitrogen and oxygen atoms in total. The van der Waals surface area contributed by atoms with E-state index in [0.717, 1.165) is 38.5 Å². The molecule has 0 aliphatic rings. The minimum Gasteiger partial charge on any atom is -0.356 e. The molecule has 0 spiro atoms. The average Bonchev–Trinajstić information content (AvgIpc) is 2.79. The fourth-order valence-corrected chi connectivity index (χ4v) is 2.24. The highest BCUT2D eigenvalue weighted by Gasteiger charge is 2.02. The van der Waals surface area contributed by atoms with Crippen molar-refractivity contribution in [2.24, 2.45) is 0 Å². The molecule has 0 aromatic heterocycles. The van der Waals surface area contributed by atoms with Gasteiger partial charge in [-0.05, 0) is 59.1 Å². The number of carbonyl (C=O) groups is 2. The second-order valence-corrected chi connectivity index (χ2v) is 6.11. The number of carbonyl (C=O) groups excluding carboxylic acids is 2. The molecule has 1 unspecified atom stereocenters. The molecular formula is C26H52N2O2. The number of hydrogen-bond donors (Lipinski definition) is 2. The summed E-state index contributed by atoms with van der Waals surface area (Å²) >= 11 is 0. The molecule has 0 aliphatic carbocycles. The number of aldehydes is 1. The standard InChI is InChI=1S/C18H30N2O.C2H4O.3C2H6/c1-15-10-12-17(13-11-15)8-6-9-18(21)20-14-5-4-7-16(2)19-3;1-2-3;3*1-2/h10-13,16,19H,4-9,14H2,1-3H3,(H,20,21);2H,1H3;3*1-2H3. The number of benzene rings is 1. The number of unbranched alkanes of at least 4 members (excludes halogenated alkanes) is 1. The first-order valence-electron chi connectivity index (χ1n) is 11.9. The van der Waals surface area contributed by atoms with E-state index in [1.807, 2.05) is 48.6 Å². The Hall–Kier alpha value is -1.68. The van der Waals surface area contributed by atoms with E-state index in [1.54, 1.807) is 0 Å². The van der Waals surface area contributed by atoms with Crippen LogP contribution in [0, 0.1) is 6.92 Å². The van der Waals surface area contributed by atoms with E-state index in [0.29, 0.717) is 12.5 Å². The second-order valence-electron chi connectivity index (χ2n) is 6.11. The van der Waals surface area contributed by atoms with Crippen LogP contribution in [0.15, 0.2) is 24.3 Å². The van der Waals surface area contributed by atoms with Crippen LogP contribution < -0.4 is 10.6 Å². The second kappa shape index (κ2) is 32.0. The number of rotatable bonds is 10. The summed E-state index contributed by atoms with van der Waals surface area (Å²) in [7, 11) is 1.99. The molecule has 30 heavy (non-hydrogen) atoms. The van der Waals surface area contributed by atoms with Crippen molar-refractivity contribution < 1.29 is 9.59 Å². The lowest BCUT2D eigenvalue weighted by Crippen LogP contribution is -2.25. The Morgan fingerprint density at radius 3 is 1.93 bits per heavy atom. The summed E-state index contributed by atoms with van der Waals surface area (Å²) in [5, 5.41) is 6.23. The predicted molar refractivity (Wildman–Crippen MR) is 135 cm³/mol. The fraction of sp³-hybridized carbons (Fsp3) is 0.692. The SMILES string of the molecule is CC.CC.CC.CC=O.CNC(C)CCCCNC(=O)CCCc1ccc(C)cc1. The lowest BCUT2D eigenvalue weighted by atomic mass is 10.1. The van der Waals surface area contributed by atoms with Crippen LogP contribution in [0.1, 0.15) is 98.6 Å². The van der Waals surface area contributed by atoms with Gasteiger partial charge in [0.25, 0.3) is 0 Å². The zero-order chi connectivity index (χ0) is 24.2. The van der Waals surface area contributed by atoms with Crippen LogP contribution in [0.3, 0.4) is 0 Å². The van der Waals surface area contributed by atoms with Crippen LogP contribution in [-0.4, -0.2) is 31.8 Å². The molecule has 0 fully saturated rings. The fourth-order valence-electron chi connectivity index (χ4n) is 2.24. The van der Waals surface area contributed by atoms with Gasteiger partial charge in [0.15, 0.2) is 0 Å². The van der Waals surface area contributed by atoms with Crippen molar-refractivity contribution in [3.8, 4) is 0 Å². The highest BCUT2D eigenvalue weighted by molar-refractivity contribution is 5.75. The van der Waals surface area contributed by atoms with E-state index in [2.05, 4.69) is 48.7 Å². The van der Waals surface area contributed by atoms with Crippen molar-refractivity contribution >= 4 is 12.2 Å². The van der Waals surface area contributed by atoms with Gasteiger partial charge < -0.3 is 15.4 Å². The van der Waals surface area contributed by atoms with Gasteiger partial charge in [-0.15, -0.1) is 0 Å². The van der Waals surface area contributed by atoms with E-state index in [9.17, 15) is 4.79 Å². The first kappa shape index (κ1) is 35.7. The summed E-state index contributed by atoms with van der Waals surface area (Å²) in [6, 6.07) is 9.12. The molecule has 1 aromatic rings. The van der Waals surface area contributed by atoms with Crippen molar-refractivity contribution in [1.82, 2.24) is 10.6 Å². The first-order valence-corrected chi connectivity index (χ1v) is 11.9. The minimum atomic E-state index is 0.184. The van der Waals surface area contributed by atoms with E-state index in [4.69, 9.17) is 4.79 Å². The van der Waals surface area contributed by atoms with Gasteiger partial charge in [-0.1, -0.05) is 77.8 Å². The molecule has 4 heteroatoms. The van der Waals surface area contributed by atoms with Crippen LogP contribution in [0.25, 0.3) is 0 Å². The molecule has 178 valence electrons. The average molecular weight is 425 g/mol. The lowest BCUT2D eigenvalue weighted by Gasteiger charge is -2.09. The third-order valence-corrected chi connectivity index (χ3v) is 3.87. The van der Waals surface area contributed by atoms with E-state index >= 15 is 0 Å². The van der Waals surface area contributed by atoms with Gasteiger partial charge in [0.1, 0.15) is 6.29 Å². The van der Waals surface area contributed by atoms with Crippen LogP contribution in [0.4, 0.5) is 0 Å². The van der Waals surface area contributed by atoms with Crippen LogP contribution in [-0.2, 0) is 16.0 Å². The molecule has 1 atom stereocenters. The van der Waals surface area contributed by atoms with Crippen molar-refractivity contribution in [2.75, 3.05) is 13.6 Å². The summed E-state index contributed by atoms with van der Waals surface area (Å²) in [5.41, 5.74) is 2.60. The lowest BCUT2D eigenvalue weighted by molar-refractivity contribution is -0.121. The molecule has 0 saturated carbocycles. The summed E-state index contributed by atoms with van der Waals surface area (Å²) in [6.07, 6.45) is 6.67. The van der Waals surface area contributed by atoms with Crippen LogP contribution in [0.2, 0.25) is 0 Å². The summed E-state index contributed by atoms with van der Waals surface area (Å²) < 4.78 is 0. The Kier molecular flexibility index (Phi) is 38.1. The Labute approximate surface area is 188 Å². The van der Waals surface area contributed by atoms with Crippen molar-refractivity contribution in [2.45, 2.75) is 107 Å². The molecule has 0 radical (unpaired) electrons. The van der Waals surface area contributed by atoms with E-state index in [1.165, 1.54) is 24.5 Å². The van der Waals surface area contributed by atoms with E-state index in [-0.39, 0.29) is 5.91 Å². The van der Waals surface area contributed by atoms with Gasteiger partial charge in [0.05, 0.1) is 0 Å². The molecule has 0 aliphatic heterocycles. The Morgan fingerprint density at radius 1 is 0.967 bits per heavy atom. The molecule has 0 heterocycles. The number of amides is 1. The predicted octanol–water partition coefficient (Wildman–Crippen LogP) is 6.50. The highest BCUT2D eigenvalue weighted by atomic mass is 16.1. The third kappa shape index (κ3) is 28.5. The van der Waals surface area contributed by atoms with Crippen molar-refractivity contribution in [1.29, 1.82) is 0 Å². The Balaban J connectivity index is -0.000000327. The Morgan fingerprint density at radius 2 is 1.47 bits per heavy atom. The largest absolute Gasteiger partial charge is 0.356 e.